The summed E-state index contributed by atoms with van der Waals surface area (Å²) in [6.07, 6.45) is 33.3. The van der Waals surface area contributed by atoms with E-state index in [1.54, 1.807) is 104 Å². The number of aliphatic imine (C=N–C) groups is 1. The van der Waals surface area contributed by atoms with E-state index in [1.165, 1.54) is 36.8 Å². The van der Waals surface area contributed by atoms with Gasteiger partial charge in [-0.25, -0.2) is 29.3 Å². The van der Waals surface area contributed by atoms with Crippen LogP contribution in [0, 0.1) is 0 Å². The van der Waals surface area contributed by atoms with Crippen LogP contribution in [0.3, 0.4) is 0 Å². The van der Waals surface area contributed by atoms with Gasteiger partial charge in [0.25, 0.3) is 0 Å². The van der Waals surface area contributed by atoms with Gasteiger partial charge in [-0.2, -0.15) is 21.5 Å². The molecule has 0 saturated carbocycles. The molecule has 0 atom stereocenters. The molecule has 0 fully saturated rings. The number of rotatable bonds is 0. The first kappa shape index (κ1) is 46.7. The van der Waals surface area contributed by atoms with Crippen molar-refractivity contribution in [2.45, 2.75) is 0 Å². The first-order valence-electron chi connectivity index (χ1n) is 16.4. The van der Waals surface area contributed by atoms with Crippen molar-refractivity contribution >= 4 is 29.1 Å². The zero-order chi connectivity index (χ0) is 39.6. The molecule has 0 spiro atoms. The quantitative estimate of drug-likeness (QED) is 0.144. The van der Waals surface area contributed by atoms with E-state index in [9.17, 15) is 0 Å². The summed E-state index contributed by atoms with van der Waals surface area (Å²) in [6.45, 7) is 0.889. The minimum Gasteiger partial charge on any atom is -0.473 e. The molecule has 15 heteroatoms. The predicted molar refractivity (Wildman–Crippen MR) is 224 cm³/mol. The standard InChI is InChI=1S/C6H6.C5H5N.3C4H4N2.C4H5N.C4H4O.C4H4S.C3H3N3.C3H3NS/c2*1-2-4-6-5-3-1;1-2-6-4-3-5-1;1-2-5-4-6-3-1;1-2-4-6-5-3-1;3*1-2-4-5-3-1;1-4-2-6-3-5-1;1-2-4-5-3-1/h1-6H;1-5H;3*1-4H;1-3H,4H2;2*1-4H;1-3H;1-3H. The van der Waals surface area contributed by atoms with E-state index in [2.05, 4.69) is 63.9 Å². The van der Waals surface area contributed by atoms with Gasteiger partial charge in [-0.3, -0.25) is 19.9 Å². The predicted octanol–water partition coefficient (Wildman–Crippen LogP) is 8.87. The summed E-state index contributed by atoms with van der Waals surface area (Å²) < 4.78 is 8.35. The molecule has 9 heterocycles. The summed E-state index contributed by atoms with van der Waals surface area (Å²) in [5.74, 6) is 0. The van der Waals surface area contributed by atoms with Gasteiger partial charge in [0.15, 0.2) is 0 Å². The largest absolute Gasteiger partial charge is 0.473 e. The minimum atomic E-state index is 0.889. The molecular formula is C41H42N12OS2. The number of nitrogens with zero attached hydrogens (tertiary/aromatic N) is 12. The molecule has 0 amide bonds. The average molecular weight is 783 g/mol. The van der Waals surface area contributed by atoms with Crippen LogP contribution in [-0.4, -0.2) is 67.2 Å². The lowest BCUT2D eigenvalue weighted by atomic mass is 10.4. The first-order chi connectivity index (χ1) is 28.0. The maximum atomic E-state index is 4.58. The fourth-order valence-corrected chi connectivity index (χ4v) is 3.40. The Bertz CT molecular complexity index is 1370. The Balaban J connectivity index is 0.000000311. The summed E-state index contributed by atoms with van der Waals surface area (Å²) >= 11 is 3.18. The lowest BCUT2D eigenvalue weighted by Gasteiger charge is -1.70. The van der Waals surface area contributed by atoms with Crippen LogP contribution in [0.5, 0.6) is 0 Å². The zero-order valence-corrected chi connectivity index (χ0v) is 32.0. The number of aromatic nitrogens is 11. The Morgan fingerprint density at radius 2 is 0.857 bits per heavy atom. The van der Waals surface area contributed by atoms with E-state index in [4.69, 9.17) is 0 Å². The van der Waals surface area contributed by atoms with E-state index < -0.39 is 0 Å². The highest BCUT2D eigenvalue weighted by Crippen LogP contribution is 1.91. The van der Waals surface area contributed by atoms with Crippen molar-refractivity contribution < 1.29 is 4.42 Å². The van der Waals surface area contributed by atoms with Crippen LogP contribution < -0.4 is 0 Å². The van der Waals surface area contributed by atoms with E-state index in [0.29, 0.717) is 0 Å². The highest BCUT2D eigenvalue weighted by atomic mass is 32.1. The minimum absolute atomic E-state index is 0.889. The maximum absolute atomic E-state index is 4.58. The van der Waals surface area contributed by atoms with E-state index >= 15 is 0 Å². The van der Waals surface area contributed by atoms with E-state index in [1.807, 2.05) is 125 Å². The lowest BCUT2D eigenvalue weighted by molar-refractivity contribution is 0.567. The molecule has 56 heavy (non-hydrogen) atoms. The third-order valence-electron chi connectivity index (χ3n) is 4.81. The van der Waals surface area contributed by atoms with Gasteiger partial charge in [-0.1, -0.05) is 60.7 Å². The van der Waals surface area contributed by atoms with Gasteiger partial charge in [0, 0.05) is 79.8 Å². The number of furan rings is 1. The summed E-state index contributed by atoms with van der Waals surface area (Å²) in [5.41, 5.74) is 0. The fraction of sp³-hybridized carbons (Fsp3) is 0.0244. The van der Waals surface area contributed by atoms with Crippen molar-refractivity contribution in [1.82, 2.24) is 54.4 Å². The van der Waals surface area contributed by atoms with Crippen LogP contribution >= 0.6 is 22.9 Å². The Labute approximate surface area is 335 Å². The average Bonchev–Trinajstić information content (AvgIpc) is 4.19. The van der Waals surface area contributed by atoms with Crippen molar-refractivity contribution in [2.75, 3.05) is 6.54 Å². The van der Waals surface area contributed by atoms with Gasteiger partial charge < -0.3 is 4.42 Å². The molecule has 1 aromatic carbocycles. The van der Waals surface area contributed by atoms with Gasteiger partial charge >= 0.3 is 0 Å². The third kappa shape index (κ3) is 41.1. The molecule has 13 nitrogen and oxygen atoms in total. The van der Waals surface area contributed by atoms with Crippen LogP contribution in [0.2, 0.25) is 0 Å². The number of benzene rings is 1. The van der Waals surface area contributed by atoms with Crippen LogP contribution in [0.1, 0.15) is 0 Å². The first-order valence-corrected chi connectivity index (χ1v) is 18.2. The molecule has 8 aromatic heterocycles. The lowest BCUT2D eigenvalue weighted by Crippen LogP contribution is -1.73. The topological polar surface area (TPSA) is 167 Å². The Hall–Kier alpha value is -7.36. The maximum Gasteiger partial charge on any atom is 0.119 e. The third-order valence-corrected chi connectivity index (χ3v) is 5.96. The Morgan fingerprint density at radius 3 is 1.04 bits per heavy atom. The summed E-state index contributed by atoms with van der Waals surface area (Å²) in [4.78, 5) is 33.1. The summed E-state index contributed by atoms with van der Waals surface area (Å²) in [5, 5.41) is 13.1. The van der Waals surface area contributed by atoms with Crippen LogP contribution in [0.25, 0.3) is 0 Å². The molecule has 1 aliphatic heterocycles. The molecule has 1 aliphatic rings. The Kier molecular flexibility index (Phi) is 36.5. The van der Waals surface area contributed by atoms with Crippen LogP contribution in [0.15, 0.2) is 247 Å². The van der Waals surface area contributed by atoms with Gasteiger partial charge in [-0.15, -0.1) is 0 Å². The van der Waals surface area contributed by atoms with Crippen molar-refractivity contribution in [2.24, 2.45) is 4.99 Å². The summed E-state index contributed by atoms with van der Waals surface area (Å²) in [7, 11) is 0. The molecule has 284 valence electrons. The molecule has 0 radical (unpaired) electrons. The number of allylic oxidation sites excluding steroid dienone is 1. The second-order valence-electron chi connectivity index (χ2n) is 8.90. The molecule has 9 aromatic rings. The van der Waals surface area contributed by atoms with Gasteiger partial charge in [0.2, 0.25) is 0 Å². The highest BCUT2D eigenvalue weighted by molar-refractivity contribution is 7.07. The van der Waals surface area contributed by atoms with Crippen molar-refractivity contribution in [3.63, 3.8) is 0 Å². The van der Waals surface area contributed by atoms with E-state index in [-0.39, 0.29) is 0 Å². The number of pyridine rings is 1. The smallest absolute Gasteiger partial charge is 0.119 e. The second-order valence-corrected chi connectivity index (χ2v) is 10.4. The summed E-state index contributed by atoms with van der Waals surface area (Å²) in [6, 6.07) is 32.8. The van der Waals surface area contributed by atoms with E-state index in [0.717, 1.165) is 6.54 Å². The van der Waals surface area contributed by atoms with Crippen molar-refractivity contribution in [3.05, 3.63) is 237 Å². The SMILES string of the molecule is C1=CCN=C1.c1ccccc1.c1ccncc1.c1ccnnc1.c1ccoc1.c1ccsc1.c1cnccn1.c1cncnc1.c1cnsc1.c1ncncn1. The van der Waals surface area contributed by atoms with Crippen molar-refractivity contribution in [1.29, 1.82) is 0 Å². The van der Waals surface area contributed by atoms with Crippen molar-refractivity contribution in [3.8, 4) is 0 Å². The number of thiophene rings is 1. The number of hydrogen-bond acceptors (Lipinski definition) is 15. The van der Waals surface area contributed by atoms with Crippen LogP contribution in [-0.2, 0) is 0 Å². The highest BCUT2D eigenvalue weighted by Gasteiger charge is 1.72. The molecule has 10 rings (SSSR count). The molecular weight excluding hydrogens is 741 g/mol. The van der Waals surface area contributed by atoms with Gasteiger partial charge in [0.05, 0.1) is 19.1 Å². The monoisotopic (exact) mass is 782 g/mol. The normalized spacial score (nSPS) is 8.86. The molecule has 0 bridgehead atoms. The fourth-order valence-electron chi connectivity index (χ4n) is 2.60. The molecule has 0 saturated heterocycles. The second kappa shape index (κ2) is 43.8. The van der Waals surface area contributed by atoms with Gasteiger partial charge in [-0.05, 0) is 76.9 Å². The molecule has 0 unspecified atom stereocenters. The molecule has 0 N–H and O–H groups in total. The van der Waals surface area contributed by atoms with Crippen LogP contribution in [0.4, 0.5) is 0 Å². The van der Waals surface area contributed by atoms with Gasteiger partial charge in [0.1, 0.15) is 25.3 Å². The number of hydrogen-bond donors (Lipinski definition) is 0. The Morgan fingerprint density at radius 1 is 0.375 bits per heavy atom. The molecule has 0 aliphatic carbocycles. The zero-order valence-electron chi connectivity index (χ0n) is 30.4.